The lowest BCUT2D eigenvalue weighted by atomic mass is 9.99. The molecule has 0 radical (unpaired) electrons. The van der Waals surface area contributed by atoms with Gasteiger partial charge in [-0.05, 0) is 73.0 Å². The van der Waals surface area contributed by atoms with Crippen LogP contribution < -0.4 is 10.9 Å². The molecule has 0 spiro atoms. The topological polar surface area (TPSA) is 98.7 Å². The first-order chi connectivity index (χ1) is 15.9. The van der Waals surface area contributed by atoms with E-state index in [0.717, 1.165) is 39.0 Å². The zero-order valence-corrected chi connectivity index (χ0v) is 18.7. The lowest BCUT2D eigenvalue weighted by Gasteiger charge is -2.12. The first-order valence-corrected chi connectivity index (χ1v) is 10.5. The Labute approximate surface area is 190 Å². The van der Waals surface area contributed by atoms with Crippen LogP contribution in [0.3, 0.4) is 0 Å². The fraction of sp³-hybridized carbons (Fsp3) is 0.160. The van der Waals surface area contributed by atoms with Gasteiger partial charge in [0.2, 0.25) is 0 Å². The minimum absolute atomic E-state index is 0.0687. The molecule has 0 amide bonds. The summed E-state index contributed by atoms with van der Waals surface area (Å²) < 4.78 is 7.05. The molecule has 0 fully saturated rings. The largest absolute Gasteiger partial charge is 0.330 e. The summed E-state index contributed by atoms with van der Waals surface area (Å²) in [4.78, 5) is 26.3. The molecule has 33 heavy (non-hydrogen) atoms. The number of hydrogen-bond acceptors (Lipinski definition) is 7. The zero-order valence-electron chi connectivity index (χ0n) is 18.7. The number of pyridine rings is 3. The van der Waals surface area contributed by atoms with E-state index < -0.39 is 0 Å². The molecule has 1 aromatic carbocycles. The van der Waals surface area contributed by atoms with Crippen LogP contribution in [0.25, 0.3) is 33.6 Å². The van der Waals surface area contributed by atoms with Crippen molar-refractivity contribution in [1.29, 1.82) is 0 Å². The molecule has 0 saturated heterocycles. The van der Waals surface area contributed by atoms with Gasteiger partial charge in [-0.15, -0.1) is 0 Å². The second-order valence-corrected chi connectivity index (χ2v) is 8.05. The smallest absolute Gasteiger partial charge is 0.278 e. The normalized spacial score (nSPS) is 11.2. The second-order valence-electron chi connectivity index (χ2n) is 8.05. The monoisotopic (exact) mass is 438 g/mol. The number of hydrogen-bond donors (Lipinski definition) is 1. The summed E-state index contributed by atoms with van der Waals surface area (Å²) >= 11 is 0. The summed E-state index contributed by atoms with van der Waals surface area (Å²) in [6, 6.07) is 13.4. The van der Waals surface area contributed by atoms with Gasteiger partial charge in [0.05, 0.1) is 5.52 Å². The average Bonchev–Trinajstić information content (AvgIpc) is 3.26. The zero-order chi connectivity index (χ0) is 23.1. The summed E-state index contributed by atoms with van der Waals surface area (Å²) in [6.45, 7) is 5.83. The van der Waals surface area contributed by atoms with Gasteiger partial charge in [0.25, 0.3) is 17.4 Å². The van der Waals surface area contributed by atoms with Crippen molar-refractivity contribution in [2.45, 2.75) is 20.8 Å². The van der Waals surface area contributed by atoms with Crippen molar-refractivity contribution in [3.8, 4) is 22.7 Å². The lowest BCUT2D eigenvalue weighted by Crippen LogP contribution is -2.19. The number of nitrogens with one attached hydrogen (secondary N) is 1. The van der Waals surface area contributed by atoms with Gasteiger partial charge < -0.3 is 14.4 Å². The Morgan fingerprint density at radius 3 is 2.64 bits per heavy atom. The van der Waals surface area contributed by atoms with Crippen LogP contribution in [0.15, 0.2) is 64.2 Å². The summed E-state index contributed by atoms with van der Waals surface area (Å²) in [5, 5.41) is 8.09. The molecular formula is C25H22N6O2. The number of nitrogens with zero attached hydrogens (tertiary/aromatic N) is 5. The number of aryl methyl sites for hydroxylation is 4. The number of aromatic nitrogens is 5. The van der Waals surface area contributed by atoms with Crippen LogP contribution in [0.4, 0.5) is 11.6 Å². The van der Waals surface area contributed by atoms with E-state index in [0.29, 0.717) is 23.1 Å². The number of benzene rings is 1. The van der Waals surface area contributed by atoms with E-state index in [1.165, 1.54) is 0 Å². The molecule has 0 bridgehead atoms. The third-order valence-corrected chi connectivity index (χ3v) is 5.67. The molecule has 0 aliphatic carbocycles. The molecule has 8 nitrogen and oxygen atoms in total. The average molecular weight is 438 g/mol. The molecule has 4 aromatic heterocycles. The fourth-order valence-electron chi connectivity index (χ4n) is 3.86. The highest BCUT2D eigenvalue weighted by molar-refractivity contribution is 5.85. The SMILES string of the molecule is Cc1cc2c(cn1)cc(-c1cc(Nc3noc(-c4ncccc4C)n3)ccc1C)c(=O)n2C. The third-order valence-electron chi connectivity index (χ3n) is 5.67. The molecule has 0 aliphatic heterocycles. The molecule has 164 valence electrons. The molecule has 0 atom stereocenters. The Bertz CT molecular complexity index is 1570. The van der Waals surface area contributed by atoms with Gasteiger partial charge in [-0.1, -0.05) is 12.1 Å². The minimum atomic E-state index is -0.0687. The van der Waals surface area contributed by atoms with Gasteiger partial charge >= 0.3 is 0 Å². The van der Waals surface area contributed by atoms with E-state index in [9.17, 15) is 4.79 Å². The maximum absolute atomic E-state index is 13.2. The molecule has 0 aliphatic rings. The van der Waals surface area contributed by atoms with Crippen molar-refractivity contribution in [1.82, 2.24) is 24.7 Å². The van der Waals surface area contributed by atoms with E-state index >= 15 is 0 Å². The quantitative estimate of drug-likeness (QED) is 0.434. The van der Waals surface area contributed by atoms with Gasteiger partial charge in [0, 0.05) is 41.8 Å². The maximum atomic E-state index is 13.2. The standard InChI is InChI=1S/C25H22N6O2/c1-14-7-8-18(28-25-29-23(33-30-25)22-15(2)6-5-9-26-22)12-19(14)20-11-17-13-27-16(3)10-21(17)31(4)24(20)32/h5-13H,1-4H3,(H,28,30). The van der Waals surface area contributed by atoms with Crippen molar-refractivity contribution in [2.24, 2.45) is 7.05 Å². The van der Waals surface area contributed by atoms with Crippen molar-refractivity contribution in [3.63, 3.8) is 0 Å². The fourth-order valence-corrected chi connectivity index (χ4v) is 3.86. The van der Waals surface area contributed by atoms with Gasteiger partial charge in [0.1, 0.15) is 5.69 Å². The Balaban J connectivity index is 1.52. The molecular weight excluding hydrogens is 416 g/mol. The minimum Gasteiger partial charge on any atom is -0.330 e. The maximum Gasteiger partial charge on any atom is 0.278 e. The van der Waals surface area contributed by atoms with Gasteiger partial charge in [-0.3, -0.25) is 14.8 Å². The predicted molar refractivity (Wildman–Crippen MR) is 127 cm³/mol. The highest BCUT2D eigenvalue weighted by Gasteiger charge is 2.15. The third kappa shape index (κ3) is 3.76. The molecule has 0 saturated carbocycles. The van der Waals surface area contributed by atoms with E-state index in [-0.39, 0.29) is 5.56 Å². The Kier molecular flexibility index (Phi) is 4.97. The molecule has 5 rings (SSSR count). The van der Waals surface area contributed by atoms with Crippen LogP contribution in [-0.2, 0) is 7.05 Å². The number of fused-ring (bicyclic) bond motifs is 1. The predicted octanol–water partition coefficient (Wildman–Crippen LogP) is 4.71. The van der Waals surface area contributed by atoms with Crippen LogP contribution in [0, 0.1) is 20.8 Å². The van der Waals surface area contributed by atoms with Gasteiger partial charge in [-0.25, -0.2) is 0 Å². The van der Waals surface area contributed by atoms with Crippen LogP contribution in [0.1, 0.15) is 16.8 Å². The summed E-state index contributed by atoms with van der Waals surface area (Å²) in [7, 11) is 1.78. The lowest BCUT2D eigenvalue weighted by molar-refractivity contribution is 0.431. The first-order valence-electron chi connectivity index (χ1n) is 10.5. The molecule has 4 heterocycles. The molecule has 5 aromatic rings. The van der Waals surface area contributed by atoms with Gasteiger partial charge in [0.15, 0.2) is 0 Å². The Morgan fingerprint density at radius 1 is 0.970 bits per heavy atom. The van der Waals surface area contributed by atoms with E-state index in [2.05, 4.69) is 25.4 Å². The second kappa shape index (κ2) is 7.98. The summed E-state index contributed by atoms with van der Waals surface area (Å²) in [5.41, 5.74) is 6.40. The molecule has 8 heteroatoms. The van der Waals surface area contributed by atoms with Crippen LogP contribution in [-0.4, -0.2) is 24.7 Å². The van der Waals surface area contributed by atoms with Crippen molar-refractivity contribution < 1.29 is 4.52 Å². The van der Waals surface area contributed by atoms with Crippen LogP contribution in [0.5, 0.6) is 0 Å². The highest BCUT2D eigenvalue weighted by Crippen LogP contribution is 2.28. The van der Waals surface area contributed by atoms with Crippen LogP contribution in [0.2, 0.25) is 0 Å². The number of rotatable bonds is 4. The van der Waals surface area contributed by atoms with E-state index in [1.807, 2.05) is 63.2 Å². The Morgan fingerprint density at radius 2 is 1.82 bits per heavy atom. The van der Waals surface area contributed by atoms with Crippen LogP contribution >= 0.6 is 0 Å². The number of anilines is 2. The molecule has 0 unspecified atom stereocenters. The van der Waals surface area contributed by atoms with Crippen molar-refractivity contribution in [2.75, 3.05) is 5.32 Å². The van der Waals surface area contributed by atoms with Crippen molar-refractivity contribution >= 4 is 22.5 Å². The van der Waals surface area contributed by atoms with Crippen molar-refractivity contribution in [3.05, 3.63) is 82.0 Å². The molecule has 1 N–H and O–H groups in total. The summed E-state index contributed by atoms with van der Waals surface area (Å²) in [6.07, 6.45) is 3.48. The Hall–Kier alpha value is -4.33. The van der Waals surface area contributed by atoms with Gasteiger partial charge in [-0.2, -0.15) is 4.98 Å². The van der Waals surface area contributed by atoms with E-state index in [1.54, 1.807) is 24.0 Å². The summed E-state index contributed by atoms with van der Waals surface area (Å²) in [5.74, 6) is 0.657. The first kappa shape index (κ1) is 20.6. The van der Waals surface area contributed by atoms with E-state index in [4.69, 9.17) is 4.52 Å². The highest BCUT2D eigenvalue weighted by atomic mass is 16.5.